The number of carbonyl (C=O) groups is 2. The third-order valence-corrected chi connectivity index (χ3v) is 6.76. The molecule has 0 aliphatic rings. The Balaban J connectivity index is 1.69. The van der Waals surface area contributed by atoms with Crippen LogP contribution in [0.3, 0.4) is 0 Å². The second kappa shape index (κ2) is 10.1. The number of esters is 1. The van der Waals surface area contributed by atoms with Gasteiger partial charge in [-0.3, -0.25) is 19.1 Å². The van der Waals surface area contributed by atoms with Gasteiger partial charge in [0.05, 0.1) is 16.3 Å². The van der Waals surface area contributed by atoms with Crippen molar-refractivity contribution in [2.24, 2.45) is 7.05 Å². The highest BCUT2D eigenvalue weighted by Crippen LogP contribution is 2.15. The van der Waals surface area contributed by atoms with E-state index in [0.29, 0.717) is 11.4 Å². The Labute approximate surface area is 197 Å². The van der Waals surface area contributed by atoms with E-state index in [0.717, 1.165) is 0 Å². The summed E-state index contributed by atoms with van der Waals surface area (Å²) < 4.78 is 35.2. The molecule has 2 N–H and O–H groups in total. The number of sulfonamides is 1. The highest BCUT2D eigenvalue weighted by molar-refractivity contribution is 7.89. The second-order valence-electron chi connectivity index (χ2n) is 7.66. The highest BCUT2D eigenvalue weighted by Gasteiger charge is 2.27. The van der Waals surface area contributed by atoms with Crippen LogP contribution in [-0.4, -0.2) is 41.8 Å². The number of benzene rings is 2. The average Bonchev–Trinajstić information content (AvgIpc) is 3.02. The minimum atomic E-state index is -3.95. The van der Waals surface area contributed by atoms with E-state index in [1.54, 1.807) is 61.1 Å². The Hall–Kier alpha value is -3.70. The Bertz CT molecular complexity index is 1350. The molecule has 10 nitrogen and oxygen atoms in total. The van der Waals surface area contributed by atoms with Gasteiger partial charge in [-0.25, -0.2) is 13.1 Å². The molecule has 0 fully saturated rings. The number of carbonyl (C=O) groups excluding carboxylic acids is 2. The Morgan fingerprint density at radius 3 is 2.12 bits per heavy atom. The molecule has 11 heteroatoms. The van der Waals surface area contributed by atoms with Crippen molar-refractivity contribution in [3.63, 3.8) is 0 Å². The third kappa shape index (κ3) is 5.26. The van der Waals surface area contributed by atoms with Gasteiger partial charge in [-0.05, 0) is 45.0 Å². The zero-order valence-corrected chi connectivity index (χ0v) is 20.0. The van der Waals surface area contributed by atoms with E-state index < -0.39 is 39.6 Å². The van der Waals surface area contributed by atoms with Crippen LogP contribution >= 0.6 is 0 Å². The predicted molar refractivity (Wildman–Crippen MR) is 126 cm³/mol. The van der Waals surface area contributed by atoms with Crippen LogP contribution in [0.25, 0.3) is 5.69 Å². The molecule has 0 spiro atoms. The van der Waals surface area contributed by atoms with E-state index in [1.165, 1.54) is 30.7 Å². The number of amides is 1. The van der Waals surface area contributed by atoms with Crippen molar-refractivity contribution in [2.45, 2.75) is 37.8 Å². The minimum absolute atomic E-state index is 0.00492. The molecule has 0 saturated heterocycles. The van der Waals surface area contributed by atoms with Crippen LogP contribution in [0.5, 0.6) is 0 Å². The number of aromatic nitrogens is 2. The summed E-state index contributed by atoms with van der Waals surface area (Å²) in [7, 11) is -2.26. The van der Waals surface area contributed by atoms with E-state index in [-0.39, 0.29) is 10.6 Å². The number of nitrogens with one attached hydrogen (secondary N) is 2. The molecule has 1 amide bonds. The van der Waals surface area contributed by atoms with Gasteiger partial charge in [-0.2, -0.15) is 4.72 Å². The molecule has 0 saturated carbocycles. The van der Waals surface area contributed by atoms with Gasteiger partial charge in [0.1, 0.15) is 11.7 Å². The fraction of sp³-hybridized carbons (Fsp3) is 0.261. The van der Waals surface area contributed by atoms with Gasteiger partial charge in [-0.15, -0.1) is 0 Å². The van der Waals surface area contributed by atoms with Crippen LogP contribution in [0.2, 0.25) is 0 Å². The van der Waals surface area contributed by atoms with E-state index in [4.69, 9.17) is 4.74 Å². The molecule has 34 heavy (non-hydrogen) atoms. The molecular formula is C23H26N4O6S. The van der Waals surface area contributed by atoms with Crippen LogP contribution in [0, 0.1) is 6.92 Å². The SMILES string of the molecule is Cc1c(NC(=O)C(C)OC(=O)C(C)NS(=O)(=O)c2ccccc2)c(=O)n(-c2ccccc2)n1C. The second-order valence-corrected chi connectivity index (χ2v) is 9.37. The Morgan fingerprint density at radius 1 is 0.971 bits per heavy atom. The first-order valence-electron chi connectivity index (χ1n) is 10.5. The fourth-order valence-electron chi connectivity index (χ4n) is 3.22. The quantitative estimate of drug-likeness (QED) is 0.467. The number of anilines is 1. The van der Waals surface area contributed by atoms with Crippen molar-refractivity contribution < 1.29 is 22.7 Å². The summed E-state index contributed by atoms with van der Waals surface area (Å²) in [4.78, 5) is 38.0. The smallest absolute Gasteiger partial charge is 0.324 e. The lowest BCUT2D eigenvalue weighted by atomic mass is 10.3. The van der Waals surface area contributed by atoms with Crippen LogP contribution in [0.4, 0.5) is 5.69 Å². The van der Waals surface area contributed by atoms with Crippen LogP contribution in [0.15, 0.2) is 70.4 Å². The number of rotatable bonds is 8. The number of hydrogen-bond donors (Lipinski definition) is 2. The monoisotopic (exact) mass is 486 g/mol. The number of hydrogen-bond acceptors (Lipinski definition) is 6. The lowest BCUT2D eigenvalue weighted by Gasteiger charge is -2.17. The molecular weight excluding hydrogens is 460 g/mol. The van der Waals surface area contributed by atoms with Crippen molar-refractivity contribution in [3.05, 3.63) is 76.7 Å². The van der Waals surface area contributed by atoms with Gasteiger partial charge in [0.15, 0.2) is 6.10 Å². The molecule has 1 heterocycles. The summed E-state index contributed by atoms with van der Waals surface area (Å²) in [6.07, 6.45) is -1.28. The first kappa shape index (κ1) is 24.9. The maximum atomic E-state index is 12.9. The first-order valence-corrected chi connectivity index (χ1v) is 11.9. The van der Waals surface area contributed by atoms with Crippen molar-refractivity contribution in [1.82, 2.24) is 14.1 Å². The minimum Gasteiger partial charge on any atom is -0.451 e. The molecule has 3 rings (SSSR count). The van der Waals surface area contributed by atoms with Gasteiger partial charge in [0.2, 0.25) is 10.0 Å². The fourth-order valence-corrected chi connectivity index (χ4v) is 4.43. The largest absolute Gasteiger partial charge is 0.451 e. The third-order valence-electron chi connectivity index (χ3n) is 5.20. The van der Waals surface area contributed by atoms with Crippen LogP contribution in [0.1, 0.15) is 19.5 Å². The molecule has 2 atom stereocenters. The lowest BCUT2D eigenvalue weighted by molar-refractivity contribution is -0.154. The van der Waals surface area contributed by atoms with E-state index in [2.05, 4.69) is 10.0 Å². The van der Waals surface area contributed by atoms with Crippen molar-refractivity contribution in [3.8, 4) is 5.69 Å². The normalized spacial score (nSPS) is 13.2. The number of ether oxygens (including phenoxy) is 1. The summed E-state index contributed by atoms with van der Waals surface area (Å²) in [5.74, 6) is -1.66. The Morgan fingerprint density at radius 2 is 1.53 bits per heavy atom. The van der Waals surface area contributed by atoms with Gasteiger partial charge in [0, 0.05) is 7.05 Å². The molecule has 3 aromatic rings. The molecule has 0 bridgehead atoms. The van der Waals surface area contributed by atoms with Gasteiger partial charge < -0.3 is 10.1 Å². The topological polar surface area (TPSA) is 128 Å². The number of para-hydroxylation sites is 1. The molecule has 0 aliphatic heterocycles. The summed E-state index contributed by atoms with van der Waals surface area (Å²) in [6, 6.07) is 15.2. The van der Waals surface area contributed by atoms with E-state index in [1.807, 2.05) is 6.07 Å². The maximum absolute atomic E-state index is 12.9. The maximum Gasteiger partial charge on any atom is 0.324 e. The first-order chi connectivity index (χ1) is 16.0. The van der Waals surface area contributed by atoms with E-state index >= 15 is 0 Å². The molecule has 1 aromatic heterocycles. The number of nitrogens with zero attached hydrogens (tertiary/aromatic N) is 2. The summed E-state index contributed by atoms with van der Waals surface area (Å²) in [5, 5.41) is 2.52. The van der Waals surface area contributed by atoms with Crippen LogP contribution in [-0.2, 0) is 31.4 Å². The van der Waals surface area contributed by atoms with Crippen molar-refractivity contribution in [1.29, 1.82) is 0 Å². The summed E-state index contributed by atoms with van der Waals surface area (Å²) >= 11 is 0. The van der Waals surface area contributed by atoms with Crippen LogP contribution < -0.4 is 15.6 Å². The van der Waals surface area contributed by atoms with E-state index in [9.17, 15) is 22.8 Å². The van der Waals surface area contributed by atoms with Crippen molar-refractivity contribution >= 4 is 27.6 Å². The standard InChI is InChI=1S/C23H26N4O6S/c1-15(25-34(31,32)19-13-9-6-10-14-19)23(30)33-17(3)21(28)24-20-16(2)26(4)27(22(20)29)18-11-7-5-8-12-18/h5-15,17,25H,1-4H3,(H,24,28). The Kier molecular flexibility index (Phi) is 7.38. The molecule has 0 aliphatic carbocycles. The zero-order valence-electron chi connectivity index (χ0n) is 19.2. The van der Waals surface area contributed by atoms with Gasteiger partial charge >= 0.3 is 5.97 Å². The van der Waals surface area contributed by atoms with Gasteiger partial charge in [0.25, 0.3) is 11.5 Å². The summed E-state index contributed by atoms with van der Waals surface area (Å²) in [6.45, 7) is 4.32. The average molecular weight is 487 g/mol. The molecule has 0 radical (unpaired) electrons. The molecule has 2 aromatic carbocycles. The predicted octanol–water partition coefficient (Wildman–Crippen LogP) is 1.72. The lowest BCUT2D eigenvalue weighted by Crippen LogP contribution is -2.42. The summed E-state index contributed by atoms with van der Waals surface area (Å²) in [5.41, 5.74) is 0.737. The zero-order chi connectivity index (χ0) is 25.0. The highest BCUT2D eigenvalue weighted by atomic mass is 32.2. The van der Waals surface area contributed by atoms with Crippen molar-refractivity contribution in [2.75, 3.05) is 5.32 Å². The molecule has 180 valence electrons. The molecule has 2 unspecified atom stereocenters. The van der Waals surface area contributed by atoms with Gasteiger partial charge in [-0.1, -0.05) is 36.4 Å².